The van der Waals surface area contributed by atoms with Crippen LogP contribution in [0.1, 0.15) is 11.1 Å². The fourth-order valence-electron chi connectivity index (χ4n) is 2.99. The lowest BCUT2D eigenvalue weighted by molar-refractivity contribution is 0.641. The Bertz CT molecular complexity index is 784. The molecule has 0 unspecified atom stereocenters. The number of hydrogen-bond acceptors (Lipinski definition) is 3. The van der Waals surface area contributed by atoms with Gasteiger partial charge in [-0.1, -0.05) is 12.1 Å². The number of aryl methyl sites for hydroxylation is 1. The van der Waals surface area contributed by atoms with E-state index in [1.807, 2.05) is 36.6 Å². The molecule has 1 aliphatic rings. The summed E-state index contributed by atoms with van der Waals surface area (Å²) in [6.07, 6.45) is 8.74. The van der Waals surface area contributed by atoms with E-state index in [4.69, 9.17) is 0 Å². The molecule has 3 aromatic rings. The zero-order valence-electron chi connectivity index (χ0n) is 12.0. The molecule has 0 bridgehead atoms. The zero-order chi connectivity index (χ0) is 14.2. The van der Waals surface area contributed by atoms with Crippen LogP contribution in [-0.2, 0) is 20.0 Å². The molecule has 5 nitrogen and oxygen atoms in total. The second-order valence-corrected chi connectivity index (χ2v) is 5.39. The Morgan fingerprint density at radius 1 is 1.24 bits per heavy atom. The maximum atomic E-state index is 4.34. The Hall–Kier alpha value is -2.40. The summed E-state index contributed by atoms with van der Waals surface area (Å²) in [6.45, 7) is 1.97. The molecular formula is C16H17N5. The maximum Gasteiger partial charge on any atom is 0.0997 e. The minimum Gasteiger partial charge on any atom is -0.312 e. The largest absolute Gasteiger partial charge is 0.312 e. The van der Waals surface area contributed by atoms with Crippen molar-refractivity contribution in [1.82, 2.24) is 24.6 Å². The van der Waals surface area contributed by atoms with Crippen LogP contribution in [0, 0.1) is 0 Å². The van der Waals surface area contributed by atoms with Crippen molar-refractivity contribution in [2.45, 2.75) is 13.0 Å². The highest BCUT2D eigenvalue weighted by molar-refractivity contribution is 5.62. The fourth-order valence-corrected chi connectivity index (χ4v) is 2.99. The lowest BCUT2D eigenvalue weighted by Crippen LogP contribution is -2.24. The van der Waals surface area contributed by atoms with Crippen molar-refractivity contribution in [3.8, 4) is 16.9 Å². The number of rotatable bonds is 2. The van der Waals surface area contributed by atoms with Crippen molar-refractivity contribution in [2.75, 3.05) is 6.54 Å². The maximum absolute atomic E-state index is 4.34. The van der Waals surface area contributed by atoms with Gasteiger partial charge < -0.3 is 5.32 Å². The molecule has 1 aliphatic heterocycles. The van der Waals surface area contributed by atoms with Gasteiger partial charge in [0.15, 0.2) is 0 Å². The van der Waals surface area contributed by atoms with E-state index in [-0.39, 0.29) is 0 Å². The summed E-state index contributed by atoms with van der Waals surface area (Å²) in [6, 6.07) is 6.49. The molecule has 0 fully saturated rings. The Labute approximate surface area is 123 Å². The highest BCUT2D eigenvalue weighted by Crippen LogP contribution is 2.27. The topological polar surface area (TPSA) is 47.7 Å². The van der Waals surface area contributed by atoms with Crippen LogP contribution >= 0.6 is 0 Å². The van der Waals surface area contributed by atoms with E-state index in [0.29, 0.717) is 0 Å². The summed E-state index contributed by atoms with van der Waals surface area (Å²) < 4.78 is 3.98. The first kappa shape index (κ1) is 12.3. The lowest BCUT2D eigenvalue weighted by atomic mass is 9.99. The van der Waals surface area contributed by atoms with Crippen LogP contribution in [0.25, 0.3) is 16.9 Å². The predicted octanol–water partition coefficient (Wildman–Crippen LogP) is 1.92. The molecule has 0 aliphatic carbocycles. The number of imidazole rings is 1. The van der Waals surface area contributed by atoms with E-state index in [1.165, 1.54) is 16.8 Å². The van der Waals surface area contributed by atoms with Crippen molar-refractivity contribution >= 4 is 0 Å². The van der Waals surface area contributed by atoms with E-state index >= 15 is 0 Å². The Morgan fingerprint density at radius 2 is 2.19 bits per heavy atom. The molecule has 0 spiro atoms. The summed E-state index contributed by atoms with van der Waals surface area (Å²) in [7, 11) is 1.93. The molecule has 21 heavy (non-hydrogen) atoms. The molecule has 0 atom stereocenters. The number of hydrogen-bond donors (Lipinski definition) is 1. The van der Waals surface area contributed by atoms with Gasteiger partial charge in [-0.05, 0) is 30.2 Å². The van der Waals surface area contributed by atoms with E-state index in [1.54, 1.807) is 0 Å². The molecule has 1 N–H and O–H groups in total. The summed E-state index contributed by atoms with van der Waals surface area (Å²) in [5, 5.41) is 7.69. The van der Waals surface area contributed by atoms with Gasteiger partial charge in [0, 0.05) is 25.4 Å². The monoisotopic (exact) mass is 279 g/mol. The molecule has 4 rings (SSSR count). The number of fused-ring (bicyclic) bond motifs is 1. The van der Waals surface area contributed by atoms with Crippen molar-refractivity contribution < 1.29 is 0 Å². The van der Waals surface area contributed by atoms with E-state index in [9.17, 15) is 0 Å². The average Bonchev–Trinajstić information content (AvgIpc) is 3.15. The molecule has 106 valence electrons. The first-order chi connectivity index (χ1) is 10.3. The molecule has 0 saturated carbocycles. The Balaban J connectivity index is 1.87. The van der Waals surface area contributed by atoms with Gasteiger partial charge in [0.05, 0.1) is 30.1 Å². The second-order valence-electron chi connectivity index (χ2n) is 5.39. The summed E-state index contributed by atoms with van der Waals surface area (Å²) in [5.74, 6) is 0. The third kappa shape index (κ3) is 2.06. The minimum absolute atomic E-state index is 0.945. The van der Waals surface area contributed by atoms with Gasteiger partial charge in [-0.15, -0.1) is 0 Å². The predicted molar refractivity (Wildman–Crippen MR) is 81.2 cm³/mol. The van der Waals surface area contributed by atoms with Crippen LogP contribution in [0.4, 0.5) is 0 Å². The Kier molecular flexibility index (Phi) is 2.86. The highest BCUT2D eigenvalue weighted by atomic mass is 15.2. The molecular weight excluding hydrogens is 262 g/mol. The smallest absolute Gasteiger partial charge is 0.0997 e. The Morgan fingerprint density at radius 3 is 3.05 bits per heavy atom. The van der Waals surface area contributed by atoms with E-state index in [0.717, 1.165) is 30.8 Å². The summed E-state index contributed by atoms with van der Waals surface area (Å²) in [5.41, 5.74) is 6.19. The van der Waals surface area contributed by atoms with Crippen molar-refractivity contribution in [1.29, 1.82) is 0 Å². The van der Waals surface area contributed by atoms with Gasteiger partial charge >= 0.3 is 0 Å². The average molecular weight is 279 g/mol. The van der Waals surface area contributed by atoms with E-state index < -0.39 is 0 Å². The number of nitrogens with one attached hydrogen (secondary N) is 1. The van der Waals surface area contributed by atoms with E-state index in [2.05, 4.69) is 38.2 Å². The number of benzene rings is 1. The van der Waals surface area contributed by atoms with Gasteiger partial charge in [0.1, 0.15) is 0 Å². The molecule has 5 heteroatoms. The van der Waals surface area contributed by atoms with Crippen LogP contribution in [-0.4, -0.2) is 25.9 Å². The van der Waals surface area contributed by atoms with Crippen LogP contribution in [0.3, 0.4) is 0 Å². The van der Waals surface area contributed by atoms with Crippen LogP contribution < -0.4 is 5.32 Å². The molecule has 0 radical (unpaired) electrons. The van der Waals surface area contributed by atoms with Crippen molar-refractivity contribution in [3.05, 3.63) is 54.2 Å². The first-order valence-corrected chi connectivity index (χ1v) is 7.16. The summed E-state index contributed by atoms with van der Waals surface area (Å²) >= 11 is 0. The normalized spacial score (nSPS) is 14.1. The third-order valence-corrected chi connectivity index (χ3v) is 4.01. The molecule has 2 aromatic heterocycles. The minimum atomic E-state index is 0.945. The lowest BCUT2D eigenvalue weighted by Gasteiger charge is -2.21. The zero-order valence-corrected chi connectivity index (χ0v) is 12.0. The van der Waals surface area contributed by atoms with Crippen LogP contribution in [0.5, 0.6) is 0 Å². The standard InChI is InChI=1S/C16H17N5/c1-20-10-13(8-19-20)16-9-18-11-21(16)15-4-2-3-12-7-17-6-5-14(12)15/h2-4,8-11,17H,5-7H2,1H3. The summed E-state index contributed by atoms with van der Waals surface area (Å²) in [4.78, 5) is 4.34. The van der Waals surface area contributed by atoms with Crippen LogP contribution in [0.15, 0.2) is 43.1 Å². The molecule has 0 saturated heterocycles. The first-order valence-electron chi connectivity index (χ1n) is 7.16. The number of nitrogens with zero attached hydrogens (tertiary/aromatic N) is 4. The van der Waals surface area contributed by atoms with Crippen molar-refractivity contribution in [3.63, 3.8) is 0 Å². The third-order valence-electron chi connectivity index (χ3n) is 4.01. The van der Waals surface area contributed by atoms with Gasteiger partial charge in [0.25, 0.3) is 0 Å². The number of aromatic nitrogens is 4. The van der Waals surface area contributed by atoms with Gasteiger partial charge in [-0.2, -0.15) is 5.10 Å². The highest BCUT2D eigenvalue weighted by Gasteiger charge is 2.16. The van der Waals surface area contributed by atoms with Crippen molar-refractivity contribution in [2.24, 2.45) is 7.05 Å². The quantitative estimate of drug-likeness (QED) is 0.779. The van der Waals surface area contributed by atoms with Gasteiger partial charge in [-0.3, -0.25) is 9.25 Å². The fraction of sp³-hybridized carbons (Fsp3) is 0.250. The second kappa shape index (κ2) is 4.86. The van der Waals surface area contributed by atoms with Crippen LogP contribution in [0.2, 0.25) is 0 Å². The SMILES string of the molecule is Cn1cc(-c2cncn2-c2cccc3c2CCNC3)cn1. The molecule has 0 amide bonds. The van der Waals surface area contributed by atoms with Gasteiger partial charge in [0.2, 0.25) is 0 Å². The van der Waals surface area contributed by atoms with Gasteiger partial charge in [-0.25, -0.2) is 4.98 Å². The molecule has 1 aromatic carbocycles. The molecule has 3 heterocycles.